The van der Waals surface area contributed by atoms with Crippen LogP contribution in [0.2, 0.25) is 0 Å². The predicted octanol–water partition coefficient (Wildman–Crippen LogP) is 3.65. The molecule has 0 bridgehead atoms. The quantitative estimate of drug-likeness (QED) is 0.367. The average Bonchev–Trinajstić information content (AvgIpc) is 3.32. The first-order valence-electron chi connectivity index (χ1n) is 11.4. The number of aliphatic hydroxyl groups excluding tert-OH is 1. The fourth-order valence-corrected chi connectivity index (χ4v) is 3.62. The molecule has 0 aromatic carbocycles. The van der Waals surface area contributed by atoms with E-state index < -0.39 is 0 Å². The third-order valence-electron chi connectivity index (χ3n) is 5.46. The molecule has 4 rings (SSSR count). The van der Waals surface area contributed by atoms with Crippen molar-refractivity contribution in [1.82, 2.24) is 29.7 Å². The Bertz CT molecular complexity index is 1290. The van der Waals surface area contributed by atoms with Crippen LogP contribution >= 0.6 is 0 Å². The molecule has 0 aliphatic heterocycles. The van der Waals surface area contributed by atoms with Crippen molar-refractivity contribution < 1.29 is 14.6 Å². The van der Waals surface area contributed by atoms with Gasteiger partial charge in [-0.1, -0.05) is 0 Å². The topological polar surface area (TPSA) is 111 Å². The molecule has 0 unspecified atom stereocenters. The van der Waals surface area contributed by atoms with Gasteiger partial charge < -0.3 is 19.5 Å². The number of hydrogen-bond acceptors (Lipinski definition) is 9. The first-order chi connectivity index (χ1) is 17.0. The lowest BCUT2D eigenvalue weighted by molar-refractivity contribution is 0.289. The molecule has 0 amide bonds. The van der Waals surface area contributed by atoms with E-state index in [4.69, 9.17) is 19.6 Å². The summed E-state index contributed by atoms with van der Waals surface area (Å²) in [7, 11) is 3.44. The summed E-state index contributed by atoms with van der Waals surface area (Å²) in [4.78, 5) is 20.2. The summed E-state index contributed by atoms with van der Waals surface area (Å²) in [6.07, 6.45) is 7.74. The Balaban J connectivity index is 1.56. The molecule has 182 valence electrons. The number of aliphatic hydroxyl groups is 1. The lowest BCUT2D eigenvalue weighted by Gasteiger charge is -2.21. The van der Waals surface area contributed by atoms with Gasteiger partial charge in [-0.25, -0.2) is 9.97 Å². The van der Waals surface area contributed by atoms with Crippen molar-refractivity contribution in [1.29, 1.82) is 0 Å². The molecule has 10 nitrogen and oxygen atoms in total. The van der Waals surface area contributed by atoms with E-state index in [9.17, 15) is 0 Å². The largest absolute Gasteiger partial charge is 0.480 e. The third-order valence-corrected chi connectivity index (χ3v) is 5.46. The van der Waals surface area contributed by atoms with Crippen molar-refractivity contribution in [3.63, 3.8) is 0 Å². The first kappa shape index (κ1) is 24.1. The molecule has 0 saturated carbocycles. The van der Waals surface area contributed by atoms with E-state index in [1.54, 1.807) is 36.4 Å². The summed E-state index contributed by atoms with van der Waals surface area (Å²) in [5, 5.41) is 13.3. The fraction of sp³-hybridized carbons (Fsp3) is 0.320. The van der Waals surface area contributed by atoms with E-state index in [1.165, 1.54) is 0 Å². The highest BCUT2D eigenvalue weighted by molar-refractivity contribution is 5.66. The summed E-state index contributed by atoms with van der Waals surface area (Å²) >= 11 is 0. The molecule has 35 heavy (non-hydrogen) atoms. The number of aryl methyl sites for hydroxylation is 2. The number of nitrogens with zero attached hydrogens (tertiary/aromatic N) is 7. The molecule has 4 aromatic heterocycles. The lowest BCUT2D eigenvalue weighted by Crippen LogP contribution is -2.26. The minimum absolute atomic E-state index is 0.119. The Morgan fingerprint density at radius 1 is 1.09 bits per heavy atom. The molecule has 10 heteroatoms. The summed E-state index contributed by atoms with van der Waals surface area (Å²) in [6.45, 7) is 5.41. The van der Waals surface area contributed by atoms with Crippen molar-refractivity contribution in [3.8, 4) is 39.9 Å². The minimum Gasteiger partial charge on any atom is -0.480 e. The molecule has 0 atom stereocenters. The van der Waals surface area contributed by atoms with E-state index in [1.807, 2.05) is 50.2 Å². The van der Waals surface area contributed by atoms with E-state index in [0.29, 0.717) is 53.2 Å². The summed E-state index contributed by atoms with van der Waals surface area (Å²) < 4.78 is 13.4. The number of rotatable bonds is 10. The van der Waals surface area contributed by atoms with Gasteiger partial charge in [0.2, 0.25) is 11.8 Å². The highest BCUT2D eigenvalue weighted by Gasteiger charge is 2.16. The Kier molecular flexibility index (Phi) is 7.51. The van der Waals surface area contributed by atoms with Gasteiger partial charge in [0.05, 0.1) is 36.0 Å². The maximum atomic E-state index is 9.14. The molecule has 4 aromatic rings. The van der Waals surface area contributed by atoms with Crippen LogP contribution in [0.3, 0.4) is 0 Å². The van der Waals surface area contributed by atoms with E-state index >= 15 is 0 Å². The zero-order chi connectivity index (χ0) is 24.8. The Labute approximate surface area is 204 Å². The normalized spacial score (nSPS) is 10.9. The number of hydrogen-bond donors (Lipinski definition) is 1. The zero-order valence-corrected chi connectivity index (χ0v) is 20.3. The smallest absolute Gasteiger partial charge is 0.228 e. The summed E-state index contributed by atoms with van der Waals surface area (Å²) in [5.74, 6) is 2.28. The van der Waals surface area contributed by atoms with Crippen LogP contribution in [-0.2, 0) is 7.05 Å². The van der Waals surface area contributed by atoms with Gasteiger partial charge in [0.15, 0.2) is 0 Å². The van der Waals surface area contributed by atoms with Gasteiger partial charge in [-0.3, -0.25) is 9.67 Å². The maximum absolute atomic E-state index is 9.14. The van der Waals surface area contributed by atoms with Crippen LogP contribution in [0.5, 0.6) is 17.4 Å². The molecular formula is C25H29N7O3. The zero-order valence-electron chi connectivity index (χ0n) is 20.3. The number of aromatic nitrogens is 6. The van der Waals surface area contributed by atoms with Gasteiger partial charge in [0.1, 0.15) is 11.5 Å². The molecular weight excluding hydrogens is 446 g/mol. The van der Waals surface area contributed by atoms with Crippen LogP contribution in [0, 0.1) is 6.92 Å². The number of methoxy groups -OCH3 is 1. The van der Waals surface area contributed by atoms with Crippen molar-refractivity contribution in [2.24, 2.45) is 7.05 Å². The first-order valence-corrected chi connectivity index (χ1v) is 11.4. The molecule has 0 spiro atoms. The minimum atomic E-state index is 0.119. The van der Waals surface area contributed by atoms with Crippen molar-refractivity contribution in [2.75, 3.05) is 31.7 Å². The van der Waals surface area contributed by atoms with Gasteiger partial charge in [-0.05, 0) is 38.5 Å². The van der Waals surface area contributed by atoms with Crippen molar-refractivity contribution in [3.05, 3.63) is 54.7 Å². The summed E-state index contributed by atoms with van der Waals surface area (Å²) in [5.41, 5.74) is 3.78. The van der Waals surface area contributed by atoms with Gasteiger partial charge in [0, 0.05) is 57.0 Å². The van der Waals surface area contributed by atoms with Crippen LogP contribution in [-0.4, -0.2) is 61.6 Å². The Hall–Kier alpha value is -4.05. The number of anilines is 1. The molecule has 4 heterocycles. The number of ether oxygens (including phenoxy) is 2. The summed E-state index contributed by atoms with van der Waals surface area (Å²) in [6, 6.07) is 7.40. The standard InChI is InChI=1S/C25H29N7O3/c1-5-32(11-6-12-33)25-27-15-20(24(30-25)34-4)21-7-8-23(17(2)29-21)35-19-9-10-26-22(13-19)18-14-28-31(3)16-18/h7-10,13-16,33H,5-6,11-12H2,1-4H3. The SMILES string of the molecule is CCN(CCCO)c1ncc(-c2ccc(Oc3ccnc(-c4cnn(C)c4)c3)c(C)n2)c(OC)n1. The molecule has 0 aliphatic rings. The van der Waals surface area contributed by atoms with E-state index in [2.05, 4.69) is 20.1 Å². The van der Waals surface area contributed by atoms with Crippen molar-refractivity contribution in [2.45, 2.75) is 20.3 Å². The monoisotopic (exact) mass is 475 g/mol. The Morgan fingerprint density at radius 3 is 2.63 bits per heavy atom. The van der Waals surface area contributed by atoms with Crippen LogP contribution in [0.4, 0.5) is 5.95 Å². The molecule has 0 radical (unpaired) electrons. The number of pyridine rings is 2. The predicted molar refractivity (Wildman–Crippen MR) is 133 cm³/mol. The maximum Gasteiger partial charge on any atom is 0.228 e. The molecule has 0 aliphatic carbocycles. The fourth-order valence-electron chi connectivity index (χ4n) is 3.62. The van der Waals surface area contributed by atoms with Crippen LogP contribution < -0.4 is 14.4 Å². The van der Waals surface area contributed by atoms with Crippen LogP contribution in [0.15, 0.2) is 49.1 Å². The second-order valence-corrected chi connectivity index (χ2v) is 7.91. The highest BCUT2D eigenvalue weighted by Crippen LogP contribution is 2.32. The van der Waals surface area contributed by atoms with E-state index in [0.717, 1.165) is 17.8 Å². The van der Waals surface area contributed by atoms with Gasteiger partial charge in [-0.15, -0.1) is 0 Å². The van der Waals surface area contributed by atoms with Crippen LogP contribution in [0.25, 0.3) is 22.5 Å². The Morgan fingerprint density at radius 2 is 1.94 bits per heavy atom. The molecule has 1 N–H and O–H groups in total. The van der Waals surface area contributed by atoms with Crippen molar-refractivity contribution >= 4 is 5.95 Å². The van der Waals surface area contributed by atoms with Gasteiger partial charge >= 0.3 is 0 Å². The third kappa shape index (κ3) is 5.55. The van der Waals surface area contributed by atoms with Gasteiger partial charge in [-0.2, -0.15) is 10.1 Å². The van der Waals surface area contributed by atoms with Gasteiger partial charge in [0.25, 0.3) is 0 Å². The second-order valence-electron chi connectivity index (χ2n) is 7.91. The molecule has 0 fully saturated rings. The second kappa shape index (κ2) is 10.9. The molecule has 0 saturated heterocycles. The van der Waals surface area contributed by atoms with E-state index in [-0.39, 0.29) is 6.61 Å². The lowest BCUT2D eigenvalue weighted by atomic mass is 10.2. The van der Waals surface area contributed by atoms with Crippen LogP contribution in [0.1, 0.15) is 19.0 Å². The highest BCUT2D eigenvalue weighted by atomic mass is 16.5. The average molecular weight is 476 g/mol.